The lowest BCUT2D eigenvalue weighted by molar-refractivity contribution is -0.274. The standard InChI is InChI=1S/C15H19F3N2O2.ClH/c16-15(17,18)22-12-6-4-10(5-7-12)9-20-14(21)13-3-1-2-11(13)8-19;/h4-7,11,13H,1-3,8-9,19H2,(H,20,21);1H/t11-,13-;/m1./s1. The molecule has 1 aliphatic carbocycles. The Hall–Kier alpha value is -1.47. The van der Waals surface area contributed by atoms with Crippen LogP contribution in [0, 0.1) is 11.8 Å². The predicted octanol–water partition coefficient (Wildman–Crippen LogP) is 3.00. The first-order chi connectivity index (χ1) is 10.4. The third-order valence-electron chi connectivity index (χ3n) is 3.92. The fourth-order valence-electron chi connectivity index (χ4n) is 2.79. The van der Waals surface area contributed by atoms with E-state index in [4.69, 9.17) is 5.73 Å². The molecule has 130 valence electrons. The van der Waals surface area contributed by atoms with E-state index >= 15 is 0 Å². The number of nitrogens with one attached hydrogen (secondary N) is 1. The summed E-state index contributed by atoms with van der Waals surface area (Å²) in [6.07, 6.45) is -1.89. The second kappa shape index (κ2) is 8.40. The van der Waals surface area contributed by atoms with Crippen molar-refractivity contribution in [2.75, 3.05) is 6.54 Å². The summed E-state index contributed by atoms with van der Waals surface area (Å²) >= 11 is 0. The van der Waals surface area contributed by atoms with Gasteiger partial charge < -0.3 is 15.8 Å². The fourth-order valence-corrected chi connectivity index (χ4v) is 2.79. The summed E-state index contributed by atoms with van der Waals surface area (Å²) < 4.78 is 39.9. The molecular weight excluding hydrogens is 333 g/mol. The van der Waals surface area contributed by atoms with Crippen molar-refractivity contribution >= 4 is 18.3 Å². The van der Waals surface area contributed by atoms with Gasteiger partial charge in [0, 0.05) is 12.5 Å². The number of hydrogen-bond donors (Lipinski definition) is 2. The number of nitrogens with two attached hydrogens (primary N) is 1. The summed E-state index contributed by atoms with van der Waals surface area (Å²) in [4.78, 5) is 12.1. The Kier molecular flexibility index (Phi) is 7.15. The highest BCUT2D eigenvalue weighted by Crippen LogP contribution is 2.31. The van der Waals surface area contributed by atoms with E-state index in [1.54, 1.807) is 0 Å². The second-order valence-electron chi connectivity index (χ2n) is 5.44. The van der Waals surface area contributed by atoms with Crippen molar-refractivity contribution in [3.05, 3.63) is 29.8 Å². The zero-order chi connectivity index (χ0) is 16.2. The average Bonchev–Trinajstić information content (AvgIpc) is 2.93. The van der Waals surface area contributed by atoms with Crippen molar-refractivity contribution in [1.82, 2.24) is 5.32 Å². The molecule has 8 heteroatoms. The zero-order valence-electron chi connectivity index (χ0n) is 12.4. The Labute approximate surface area is 139 Å². The van der Waals surface area contributed by atoms with E-state index in [1.807, 2.05) is 0 Å². The van der Waals surface area contributed by atoms with Crippen LogP contribution in [0.3, 0.4) is 0 Å². The number of amides is 1. The van der Waals surface area contributed by atoms with Crippen LogP contribution in [0.5, 0.6) is 5.75 Å². The van der Waals surface area contributed by atoms with Crippen LogP contribution >= 0.6 is 12.4 Å². The normalized spacial score (nSPS) is 20.7. The van der Waals surface area contributed by atoms with Crippen LogP contribution in [-0.2, 0) is 11.3 Å². The Morgan fingerprint density at radius 1 is 1.26 bits per heavy atom. The highest BCUT2D eigenvalue weighted by Gasteiger charge is 2.32. The number of ether oxygens (including phenoxy) is 1. The molecule has 0 saturated heterocycles. The third kappa shape index (κ3) is 5.91. The predicted molar refractivity (Wildman–Crippen MR) is 82.1 cm³/mol. The first kappa shape index (κ1) is 19.6. The van der Waals surface area contributed by atoms with Crippen molar-refractivity contribution in [3.63, 3.8) is 0 Å². The minimum Gasteiger partial charge on any atom is -0.406 e. The first-order valence-corrected chi connectivity index (χ1v) is 7.21. The van der Waals surface area contributed by atoms with Crippen LogP contribution in [0.15, 0.2) is 24.3 Å². The minimum absolute atomic E-state index is 0. The largest absolute Gasteiger partial charge is 0.573 e. The molecule has 0 bridgehead atoms. The topological polar surface area (TPSA) is 64.4 Å². The third-order valence-corrected chi connectivity index (χ3v) is 3.92. The van der Waals surface area contributed by atoms with Gasteiger partial charge >= 0.3 is 6.36 Å². The van der Waals surface area contributed by atoms with Gasteiger partial charge in [0.05, 0.1) is 0 Å². The summed E-state index contributed by atoms with van der Waals surface area (Å²) in [5, 5.41) is 2.82. The van der Waals surface area contributed by atoms with Gasteiger partial charge in [0.1, 0.15) is 5.75 Å². The molecule has 0 aromatic heterocycles. The zero-order valence-corrected chi connectivity index (χ0v) is 13.3. The molecule has 0 radical (unpaired) electrons. The maximum atomic E-state index is 12.1. The molecule has 1 fully saturated rings. The quantitative estimate of drug-likeness (QED) is 0.856. The highest BCUT2D eigenvalue weighted by atomic mass is 35.5. The molecule has 3 N–H and O–H groups in total. The summed E-state index contributed by atoms with van der Waals surface area (Å²) in [6.45, 7) is 0.778. The number of hydrogen-bond acceptors (Lipinski definition) is 3. The summed E-state index contributed by atoms with van der Waals surface area (Å²) in [6, 6.07) is 5.45. The Balaban J connectivity index is 0.00000264. The van der Waals surface area contributed by atoms with Gasteiger partial charge in [-0.25, -0.2) is 0 Å². The molecule has 1 aliphatic rings. The van der Waals surface area contributed by atoms with Gasteiger partial charge in [0.15, 0.2) is 0 Å². The molecule has 23 heavy (non-hydrogen) atoms. The summed E-state index contributed by atoms with van der Waals surface area (Å²) in [5.74, 6) is -0.148. The minimum atomic E-state index is -4.70. The molecule has 0 unspecified atom stereocenters. The van der Waals surface area contributed by atoms with Crippen LogP contribution < -0.4 is 15.8 Å². The van der Waals surface area contributed by atoms with Gasteiger partial charge in [-0.3, -0.25) is 4.79 Å². The van der Waals surface area contributed by atoms with Crippen LogP contribution in [0.1, 0.15) is 24.8 Å². The highest BCUT2D eigenvalue weighted by molar-refractivity contribution is 5.85. The summed E-state index contributed by atoms with van der Waals surface area (Å²) in [7, 11) is 0. The number of carbonyl (C=O) groups excluding carboxylic acids is 1. The van der Waals surface area contributed by atoms with Gasteiger partial charge in [-0.15, -0.1) is 25.6 Å². The van der Waals surface area contributed by atoms with E-state index in [0.29, 0.717) is 12.1 Å². The molecule has 0 spiro atoms. The van der Waals surface area contributed by atoms with Gasteiger partial charge in [-0.05, 0) is 43.0 Å². The lowest BCUT2D eigenvalue weighted by Gasteiger charge is -2.17. The molecule has 1 aromatic carbocycles. The smallest absolute Gasteiger partial charge is 0.406 e. The number of benzene rings is 1. The Morgan fingerprint density at radius 3 is 2.48 bits per heavy atom. The monoisotopic (exact) mass is 352 g/mol. The van der Waals surface area contributed by atoms with E-state index < -0.39 is 6.36 Å². The molecule has 2 atom stereocenters. The molecule has 2 rings (SSSR count). The molecule has 1 aromatic rings. The molecule has 4 nitrogen and oxygen atoms in total. The van der Waals surface area contributed by atoms with Gasteiger partial charge in [-0.1, -0.05) is 18.6 Å². The van der Waals surface area contributed by atoms with Crippen molar-refractivity contribution in [2.24, 2.45) is 17.6 Å². The SMILES string of the molecule is Cl.NC[C@H]1CCC[C@H]1C(=O)NCc1ccc(OC(F)(F)F)cc1. The number of rotatable bonds is 5. The van der Waals surface area contributed by atoms with E-state index in [-0.39, 0.29) is 42.4 Å². The second-order valence-corrected chi connectivity index (χ2v) is 5.44. The molecular formula is C15H20ClF3N2O2. The van der Waals surface area contributed by atoms with Crippen molar-refractivity contribution in [3.8, 4) is 5.75 Å². The van der Waals surface area contributed by atoms with Crippen LogP contribution in [0.4, 0.5) is 13.2 Å². The molecule has 1 saturated carbocycles. The van der Waals surface area contributed by atoms with Crippen molar-refractivity contribution in [2.45, 2.75) is 32.2 Å². The maximum Gasteiger partial charge on any atom is 0.573 e. The van der Waals surface area contributed by atoms with Crippen LogP contribution in [0.25, 0.3) is 0 Å². The number of carbonyl (C=O) groups is 1. The van der Waals surface area contributed by atoms with Crippen LogP contribution in [0.2, 0.25) is 0 Å². The number of alkyl halides is 3. The molecule has 0 heterocycles. The molecule has 0 aliphatic heterocycles. The van der Waals surface area contributed by atoms with Gasteiger partial charge in [0.2, 0.25) is 5.91 Å². The van der Waals surface area contributed by atoms with E-state index in [1.165, 1.54) is 24.3 Å². The van der Waals surface area contributed by atoms with E-state index in [0.717, 1.165) is 19.3 Å². The maximum absolute atomic E-state index is 12.1. The Bertz CT molecular complexity index is 508. The van der Waals surface area contributed by atoms with Crippen molar-refractivity contribution in [1.29, 1.82) is 0 Å². The van der Waals surface area contributed by atoms with E-state index in [2.05, 4.69) is 10.1 Å². The fraction of sp³-hybridized carbons (Fsp3) is 0.533. The van der Waals surface area contributed by atoms with Gasteiger partial charge in [0.25, 0.3) is 0 Å². The average molecular weight is 353 g/mol. The molecule has 1 amide bonds. The summed E-state index contributed by atoms with van der Waals surface area (Å²) in [5.41, 5.74) is 6.36. The van der Waals surface area contributed by atoms with Gasteiger partial charge in [-0.2, -0.15) is 0 Å². The Morgan fingerprint density at radius 2 is 1.91 bits per heavy atom. The van der Waals surface area contributed by atoms with Crippen molar-refractivity contribution < 1.29 is 22.7 Å². The van der Waals surface area contributed by atoms with Crippen LogP contribution in [-0.4, -0.2) is 18.8 Å². The number of halogens is 4. The lowest BCUT2D eigenvalue weighted by atomic mass is 9.95. The first-order valence-electron chi connectivity index (χ1n) is 7.21. The van der Waals surface area contributed by atoms with E-state index in [9.17, 15) is 18.0 Å². The lowest BCUT2D eigenvalue weighted by Crippen LogP contribution is -2.34.